The normalized spacial score (nSPS) is 11.2. The first-order valence-electron chi connectivity index (χ1n) is 7.26. The van der Waals surface area contributed by atoms with Crippen LogP contribution >= 0.6 is 0 Å². The SMILES string of the molecule is O=C(NN=Cc1ccc[nH]1)c1ccc(C(=O)NN=Cc2ccc[nH]2)o1. The van der Waals surface area contributed by atoms with Gasteiger partial charge in [-0.1, -0.05) is 0 Å². The molecule has 0 aliphatic rings. The second kappa shape index (κ2) is 7.59. The second-order valence-corrected chi connectivity index (χ2v) is 4.81. The molecule has 0 fully saturated rings. The quantitative estimate of drug-likeness (QED) is 0.401. The Hall–Kier alpha value is -3.88. The predicted molar refractivity (Wildman–Crippen MR) is 90.4 cm³/mol. The first kappa shape index (κ1) is 16.0. The number of carbonyl (C=O) groups excluding carboxylic acids is 2. The van der Waals surface area contributed by atoms with Crippen molar-refractivity contribution >= 4 is 24.2 Å². The van der Waals surface area contributed by atoms with Gasteiger partial charge in [-0.05, 0) is 36.4 Å². The summed E-state index contributed by atoms with van der Waals surface area (Å²) >= 11 is 0. The van der Waals surface area contributed by atoms with Crippen molar-refractivity contribution in [3.8, 4) is 0 Å². The molecule has 0 unspecified atom stereocenters. The number of aromatic amines is 2. The van der Waals surface area contributed by atoms with E-state index in [0.717, 1.165) is 11.4 Å². The van der Waals surface area contributed by atoms with Gasteiger partial charge in [0, 0.05) is 12.4 Å². The Balaban J connectivity index is 1.54. The highest BCUT2D eigenvalue weighted by atomic mass is 16.4. The summed E-state index contributed by atoms with van der Waals surface area (Å²) in [6, 6.07) is 9.95. The minimum absolute atomic E-state index is 0.0397. The number of carbonyl (C=O) groups is 2. The molecule has 3 rings (SSSR count). The largest absolute Gasteiger partial charge is 0.446 e. The molecule has 4 N–H and O–H groups in total. The number of nitrogens with one attached hydrogen (secondary N) is 4. The van der Waals surface area contributed by atoms with E-state index in [0.29, 0.717) is 0 Å². The van der Waals surface area contributed by atoms with Crippen molar-refractivity contribution in [3.05, 3.63) is 71.7 Å². The average molecular weight is 338 g/mol. The van der Waals surface area contributed by atoms with Crippen molar-refractivity contribution in [2.75, 3.05) is 0 Å². The summed E-state index contributed by atoms with van der Waals surface area (Å²) in [6.07, 6.45) is 6.37. The van der Waals surface area contributed by atoms with E-state index in [9.17, 15) is 9.59 Å². The smallest absolute Gasteiger partial charge is 0.307 e. The maximum absolute atomic E-state index is 11.9. The van der Waals surface area contributed by atoms with Crippen molar-refractivity contribution in [3.63, 3.8) is 0 Å². The van der Waals surface area contributed by atoms with Crippen LogP contribution in [0.1, 0.15) is 32.5 Å². The van der Waals surface area contributed by atoms with E-state index < -0.39 is 11.8 Å². The molecule has 3 aromatic heterocycles. The summed E-state index contributed by atoms with van der Waals surface area (Å²) < 4.78 is 5.20. The molecule has 3 heterocycles. The lowest BCUT2D eigenvalue weighted by Crippen LogP contribution is -2.18. The number of hydrogen-bond donors (Lipinski definition) is 4. The van der Waals surface area contributed by atoms with E-state index in [1.54, 1.807) is 36.7 Å². The summed E-state index contributed by atoms with van der Waals surface area (Å²) in [7, 11) is 0. The molecule has 25 heavy (non-hydrogen) atoms. The fourth-order valence-electron chi connectivity index (χ4n) is 1.86. The van der Waals surface area contributed by atoms with Gasteiger partial charge in [-0.25, -0.2) is 10.9 Å². The highest BCUT2D eigenvalue weighted by Gasteiger charge is 2.15. The van der Waals surface area contributed by atoms with Crippen LogP contribution in [-0.4, -0.2) is 34.2 Å². The van der Waals surface area contributed by atoms with Crippen LogP contribution in [0.3, 0.4) is 0 Å². The fraction of sp³-hybridized carbons (Fsp3) is 0. The van der Waals surface area contributed by atoms with Crippen LogP contribution in [-0.2, 0) is 0 Å². The lowest BCUT2D eigenvalue weighted by Gasteiger charge is -1.96. The molecule has 0 saturated carbocycles. The zero-order valence-electron chi connectivity index (χ0n) is 12.9. The van der Waals surface area contributed by atoms with Crippen molar-refractivity contribution in [2.24, 2.45) is 10.2 Å². The zero-order chi connectivity index (χ0) is 17.5. The van der Waals surface area contributed by atoms with Gasteiger partial charge in [-0.3, -0.25) is 9.59 Å². The van der Waals surface area contributed by atoms with E-state index in [2.05, 4.69) is 31.0 Å². The van der Waals surface area contributed by atoms with Gasteiger partial charge in [0.15, 0.2) is 11.5 Å². The topological polar surface area (TPSA) is 128 Å². The maximum Gasteiger partial charge on any atom is 0.307 e. The van der Waals surface area contributed by atoms with Crippen molar-refractivity contribution in [1.29, 1.82) is 0 Å². The maximum atomic E-state index is 11.9. The molecule has 0 spiro atoms. The molecule has 0 atom stereocenters. The monoisotopic (exact) mass is 338 g/mol. The van der Waals surface area contributed by atoms with Gasteiger partial charge in [0.1, 0.15) is 0 Å². The van der Waals surface area contributed by atoms with Crippen molar-refractivity contribution in [2.45, 2.75) is 0 Å². The molecule has 9 nitrogen and oxygen atoms in total. The van der Waals surface area contributed by atoms with E-state index in [-0.39, 0.29) is 11.5 Å². The highest BCUT2D eigenvalue weighted by Crippen LogP contribution is 2.07. The Labute approximate surface area is 141 Å². The Kier molecular flexibility index (Phi) is 4.86. The van der Waals surface area contributed by atoms with Crippen LogP contribution < -0.4 is 10.9 Å². The third-order valence-corrected chi connectivity index (χ3v) is 3.04. The number of hydrazone groups is 2. The number of aromatic nitrogens is 2. The zero-order valence-corrected chi connectivity index (χ0v) is 12.9. The van der Waals surface area contributed by atoms with Gasteiger partial charge in [0.05, 0.1) is 23.8 Å². The molecular formula is C16H14N6O3. The van der Waals surface area contributed by atoms with E-state index in [4.69, 9.17) is 4.42 Å². The third kappa shape index (κ3) is 4.32. The van der Waals surface area contributed by atoms with Crippen LogP contribution in [0.2, 0.25) is 0 Å². The van der Waals surface area contributed by atoms with Gasteiger partial charge in [-0.2, -0.15) is 10.2 Å². The number of furan rings is 1. The number of nitrogens with zero attached hydrogens (tertiary/aromatic N) is 2. The van der Waals surface area contributed by atoms with Crippen LogP contribution in [0.4, 0.5) is 0 Å². The predicted octanol–water partition coefficient (Wildman–Crippen LogP) is 1.46. The minimum Gasteiger partial charge on any atom is -0.446 e. The summed E-state index contributed by atoms with van der Waals surface area (Å²) in [4.78, 5) is 29.6. The Morgan fingerprint density at radius 2 is 1.32 bits per heavy atom. The van der Waals surface area contributed by atoms with Gasteiger partial charge in [-0.15, -0.1) is 0 Å². The standard InChI is InChI=1S/C16H14N6O3/c23-15(21-19-9-11-3-1-7-17-11)13-5-6-14(25-13)16(24)22-20-10-12-4-2-8-18-12/h1-10,17-18H,(H,21,23)(H,22,24). The van der Waals surface area contributed by atoms with Gasteiger partial charge in [0.2, 0.25) is 0 Å². The lowest BCUT2D eigenvalue weighted by atomic mass is 10.4. The summed E-state index contributed by atoms with van der Waals surface area (Å²) in [5.74, 6) is -1.22. The first-order valence-corrected chi connectivity index (χ1v) is 7.26. The Morgan fingerprint density at radius 1 is 0.840 bits per heavy atom. The molecular weight excluding hydrogens is 324 g/mol. The number of amides is 2. The Bertz CT molecular complexity index is 818. The van der Waals surface area contributed by atoms with Crippen LogP contribution in [0.5, 0.6) is 0 Å². The first-order chi connectivity index (χ1) is 12.2. The molecule has 2 amide bonds. The van der Waals surface area contributed by atoms with Gasteiger partial charge in [0.25, 0.3) is 0 Å². The summed E-state index contributed by atoms with van der Waals surface area (Å²) in [5.41, 5.74) is 6.08. The van der Waals surface area contributed by atoms with Crippen LogP contribution in [0.25, 0.3) is 0 Å². The minimum atomic E-state index is -0.572. The van der Waals surface area contributed by atoms with Crippen molar-refractivity contribution in [1.82, 2.24) is 20.8 Å². The highest BCUT2D eigenvalue weighted by molar-refractivity contribution is 5.96. The number of H-pyrrole nitrogens is 2. The summed E-state index contributed by atoms with van der Waals surface area (Å²) in [6.45, 7) is 0. The molecule has 126 valence electrons. The van der Waals surface area contributed by atoms with E-state index >= 15 is 0 Å². The Morgan fingerprint density at radius 3 is 1.72 bits per heavy atom. The van der Waals surface area contributed by atoms with Crippen LogP contribution in [0.15, 0.2) is 63.4 Å². The van der Waals surface area contributed by atoms with Crippen LogP contribution in [0, 0.1) is 0 Å². The number of hydrogen-bond acceptors (Lipinski definition) is 5. The van der Waals surface area contributed by atoms with E-state index in [1.807, 2.05) is 0 Å². The molecule has 0 saturated heterocycles. The summed E-state index contributed by atoms with van der Waals surface area (Å²) in [5, 5.41) is 7.56. The lowest BCUT2D eigenvalue weighted by molar-refractivity contribution is 0.0902. The average Bonchev–Trinajstić information content (AvgIpc) is 3.36. The molecule has 9 heteroatoms. The van der Waals surface area contributed by atoms with Gasteiger partial charge >= 0.3 is 11.8 Å². The van der Waals surface area contributed by atoms with E-state index in [1.165, 1.54) is 24.6 Å². The third-order valence-electron chi connectivity index (χ3n) is 3.04. The molecule has 0 aliphatic carbocycles. The molecule has 0 bridgehead atoms. The molecule has 0 aliphatic heterocycles. The number of rotatable bonds is 6. The molecule has 0 radical (unpaired) electrons. The molecule has 3 aromatic rings. The second-order valence-electron chi connectivity index (χ2n) is 4.81. The van der Waals surface area contributed by atoms with Gasteiger partial charge < -0.3 is 14.4 Å². The van der Waals surface area contributed by atoms with Crippen molar-refractivity contribution < 1.29 is 14.0 Å². The fourth-order valence-corrected chi connectivity index (χ4v) is 1.86. The molecule has 0 aromatic carbocycles.